The Kier molecular flexibility index (Phi) is 8.41. The van der Waals surface area contributed by atoms with Gasteiger partial charge in [0.25, 0.3) is 5.91 Å². The van der Waals surface area contributed by atoms with Gasteiger partial charge in [-0.1, -0.05) is 35.9 Å². The lowest BCUT2D eigenvalue weighted by atomic mass is 10.1. The maximum Gasteiger partial charge on any atom is 0.266 e. The number of carbonyl (C=O) groups is 1. The zero-order valence-electron chi connectivity index (χ0n) is 13.7. The van der Waals surface area contributed by atoms with Crippen LogP contribution in [0.4, 0.5) is 5.69 Å². The fourth-order valence-corrected chi connectivity index (χ4v) is 4.46. The molecule has 0 heterocycles. The van der Waals surface area contributed by atoms with E-state index in [1.165, 1.54) is 12.1 Å². The molecule has 0 fully saturated rings. The average molecular weight is 625 g/mol. The van der Waals surface area contributed by atoms with Crippen LogP contribution in [0.1, 0.15) is 5.56 Å². The number of benzene rings is 2. The fraction of sp³-hybridized carbons (Fsp3) is 0.0526. The van der Waals surface area contributed by atoms with Crippen LogP contribution in [0.25, 0.3) is 6.08 Å². The summed E-state index contributed by atoms with van der Waals surface area (Å²) in [5.74, 6) is 0.208. The van der Waals surface area contributed by atoms with Gasteiger partial charge < -0.3 is 10.1 Å². The van der Waals surface area contributed by atoms with Gasteiger partial charge in [-0.05, 0) is 87.2 Å². The van der Waals surface area contributed by atoms with Gasteiger partial charge in [0.1, 0.15) is 24.0 Å². The lowest BCUT2D eigenvalue weighted by molar-refractivity contribution is -0.112. The largest absolute Gasteiger partial charge is 0.487 e. The maximum atomic E-state index is 12.4. The molecule has 138 valence electrons. The van der Waals surface area contributed by atoms with Gasteiger partial charge in [-0.15, -0.1) is 0 Å². The summed E-state index contributed by atoms with van der Waals surface area (Å²) in [5.41, 5.74) is 1.14. The molecule has 0 radical (unpaired) electrons. The van der Waals surface area contributed by atoms with Crippen molar-refractivity contribution in [3.05, 3.63) is 71.3 Å². The second-order valence-corrected chi connectivity index (χ2v) is 8.30. The molecule has 4 nitrogen and oxygen atoms in total. The molecule has 0 saturated heterocycles. The molecule has 2 aromatic rings. The third-order valence-corrected chi connectivity index (χ3v) is 5.56. The van der Waals surface area contributed by atoms with E-state index in [0.29, 0.717) is 22.3 Å². The van der Waals surface area contributed by atoms with E-state index in [4.69, 9.17) is 27.9 Å². The highest BCUT2D eigenvalue weighted by atomic mass is 127. The van der Waals surface area contributed by atoms with Crippen LogP contribution in [0.5, 0.6) is 5.75 Å². The summed E-state index contributed by atoms with van der Waals surface area (Å²) in [4.78, 5) is 12.4. The minimum atomic E-state index is -0.534. The summed E-state index contributed by atoms with van der Waals surface area (Å²) in [7, 11) is 0. The van der Waals surface area contributed by atoms with Gasteiger partial charge in [0.05, 0.1) is 17.2 Å². The number of ether oxygens (including phenoxy) is 1. The fourth-order valence-electron chi connectivity index (χ4n) is 2.03. The molecule has 2 rings (SSSR count). The number of halogens is 4. The highest BCUT2D eigenvalue weighted by Crippen LogP contribution is 2.30. The quantitative estimate of drug-likeness (QED) is 0.177. The van der Waals surface area contributed by atoms with Gasteiger partial charge in [0.15, 0.2) is 0 Å². The van der Waals surface area contributed by atoms with Crippen molar-refractivity contribution in [3.63, 3.8) is 0 Å². The maximum absolute atomic E-state index is 12.4. The number of hydrogen-bond acceptors (Lipinski definition) is 3. The SMILES string of the molecule is C=CCOc1c(I)cc(/C=C(\C#N)C(=O)Nc2ccc(Cl)c(Cl)c2)cc1I. The Hall–Kier alpha value is -1.28. The Bertz CT molecular complexity index is 946. The van der Waals surface area contributed by atoms with E-state index in [1.54, 1.807) is 18.2 Å². The van der Waals surface area contributed by atoms with Crippen molar-refractivity contribution in [1.82, 2.24) is 0 Å². The topological polar surface area (TPSA) is 62.1 Å². The molecule has 2 aromatic carbocycles. The van der Waals surface area contributed by atoms with Crippen LogP contribution in [0, 0.1) is 18.5 Å². The predicted octanol–water partition coefficient (Wildman–Crippen LogP) is 6.31. The zero-order chi connectivity index (χ0) is 20.0. The Labute approximate surface area is 194 Å². The number of rotatable bonds is 6. The molecule has 0 spiro atoms. The molecule has 0 bridgehead atoms. The molecule has 0 aliphatic rings. The Balaban J connectivity index is 2.26. The molecule has 0 aliphatic carbocycles. The van der Waals surface area contributed by atoms with Crippen LogP contribution in [0.3, 0.4) is 0 Å². The molecule has 0 saturated carbocycles. The zero-order valence-corrected chi connectivity index (χ0v) is 19.6. The first kappa shape index (κ1) is 22.0. The smallest absolute Gasteiger partial charge is 0.266 e. The number of hydrogen-bond donors (Lipinski definition) is 1. The van der Waals surface area contributed by atoms with E-state index >= 15 is 0 Å². The van der Waals surface area contributed by atoms with Gasteiger partial charge >= 0.3 is 0 Å². The van der Waals surface area contributed by atoms with Gasteiger partial charge in [-0.25, -0.2) is 0 Å². The van der Waals surface area contributed by atoms with Gasteiger partial charge in [0, 0.05) is 5.69 Å². The summed E-state index contributed by atoms with van der Waals surface area (Å²) in [6.07, 6.45) is 3.19. The number of nitrogens with zero attached hydrogens (tertiary/aromatic N) is 1. The predicted molar refractivity (Wildman–Crippen MR) is 126 cm³/mol. The van der Waals surface area contributed by atoms with Gasteiger partial charge in [-0.2, -0.15) is 5.26 Å². The molecule has 8 heteroatoms. The molecular formula is C19H12Cl2I2N2O2. The first-order chi connectivity index (χ1) is 12.8. The van der Waals surface area contributed by atoms with E-state index in [0.717, 1.165) is 18.5 Å². The molecule has 27 heavy (non-hydrogen) atoms. The number of amides is 1. The Morgan fingerprint density at radius 1 is 1.22 bits per heavy atom. The number of carbonyl (C=O) groups excluding carboxylic acids is 1. The van der Waals surface area contributed by atoms with Crippen molar-refractivity contribution in [2.45, 2.75) is 0 Å². The molecule has 1 N–H and O–H groups in total. The monoisotopic (exact) mass is 624 g/mol. The number of anilines is 1. The van der Waals surface area contributed by atoms with Crippen LogP contribution < -0.4 is 10.1 Å². The van der Waals surface area contributed by atoms with Crippen LogP contribution in [0.2, 0.25) is 10.0 Å². The van der Waals surface area contributed by atoms with Crippen molar-refractivity contribution in [2.75, 3.05) is 11.9 Å². The van der Waals surface area contributed by atoms with E-state index in [-0.39, 0.29) is 5.57 Å². The van der Waals surface area contributed by atoms with E-state index in [2.05, 4.69) is 57.1 Å². The molecule has 0 aromatic heterocycles. The molecular weight excluding hydrogens is 613 g/mol. The summed E-state index contributed by atoms with van der Waals surface area (Å²) in [5, 5.41) is 12.7. The highest BCUT2D eigenvalue weighted by molar-refractivity contribution is 14.1. The lowest BCUT2D eigenvalue weighted by Gasteiger charge is -2.10. The van der Waals surface area contributed by atoms with Crippen molar-refractivity contribution in [1.29, 1.82) is 5.26 Å². The van der Waals surface area contributed by atoms with Crippen LogP contribution in [-0.4, -0.2) is 12.5 Å². The second kappa shape index (κ2) is 10.3. The second-order valence-electron chi connectivity index (χ2n) is 5.17. The third-order valence-electron chi connectivity index (χ3n) is 3.22. The van der Waals surface area contributed by atoms with E-state index in [1.807, 2.05) is 18.2 Å². The first-order valence-corrected chi connectivity index (χ1v) is 10.4. The Morgan fingerprint density at radius 2 is 1.89 bits per heavy atom. The molecule has 0 atom stereocenters. The van der Waals surface area contributed by atoms with Crippen LogP contribution in [-0.2, 0) is 4.79 Å². The third kappa shape index (κ3) is 6.10. The van der Waals surface area contributed by atoms with Crippen LogP contribution in [0.15, 0.2) is 48.6 Å². The van der Waals surface area contributed by atoms with Crippen molar-refractivity contribution in [2.24, 2.45) is 0 Å². The lowest BCUT2D eigenvalue weighted by Crippen LogP contribution is -2.13. The minimum Gasteiger partial charge on any atom is -0.487 e. The first-order valence-electron chi connectivity index (χ1n) is 7.46. The van der Waals surface area contributed by atoms with Crippen LogP contribution >= 0.6 is 68.4 Å². The summed E-state index contributed by atoms with van der Waals surface area (Å²) < 4.78 is 7.37. The summed E-state index contributed by atoms with van der Waals surface area (Å²) in [6, 6.07) is 10.3. The van der Waals surface area contributed by atoms with E-state index < -0.39 is 5.91 Å². The average Bonchev–Trinajstić information content (AvgIpc) is 2.62. The summed E-state index contributed by atoms with van der Waals surface area (Å²) >= 11 is 16.1. The minimum absolute atomic E-state index is 0.0348. The summed E-state index contributed by atoms with van der Waals surface area (Å²) in [6.45, 7) is 4.03. The van der Waals surface area contributed by atoms with Crippen molar-refractivity contribution < 1.29 is 9.53 Å². The van der Waals surface area contributed by atoms with Crippen molar-refractivity contribution in [3.8, 4) is 11.8 Å². The Morgan fingerprint density at radius 3 is 2.44 bits per heavy atom. The standard InChI is InChI=1S/C19H12Cl2I2N2O2/c1-2-5-27-18-16(22)7-11(8-17(18)23)6-12(10-24)19(26)25-13-3-4-14(20)15(21)9-13/h2-4,6-9H,1,5H2,(H,25,26)/b12-6+. The van der Waals surface area contributed by atoms with Crippen molar-refractivity contribution >= 4 is 86.1 Å². The highest BCUT2D eigenvalue weighted by Gasteiger charge is 2.13. The molecule has 0 aliphatic heterocycles. The number of nitriles is 1. The molecule has 0 unspecified atom stereocenters. The van der Waals surface area contributed by atoms with Gasteiger partial charge in [0.2, 0.25) is 0 Å². The molecule has 1 amide bonds. The van der Waals surface area contributed by atoms with E-state index in [9.17, 15) is 10.1 Å². The van der Waals surface area contributed by atoms with Gasteiger partial charge in [-0.3, -0.25) is 4.79 Å². The normalized spacial score (nSPS) is 10.9. The number of nitrogens with one attached hydrogen (secondary N) is 1.